The zero-order chi connectivity index (χ0) is 22.7. The number of ketones is 1. The molecule has 7 nitrogen and oxygen atoms in total. The lowest BCUT2D eigenvalue weighted by molar-refractivity contribution is -0.129. The number of amides is 1. The maximum Gasteiger partial charge on any atom is 0.290 e. The number of morpholine rings is 1. The van der Waals surface area contributed by atoms with Crippen LogP contribution in [0.1, 0.15) is 27.7 Å². The van der Waals surface area contributed by atoms with Gasteiger partial charge in [0.2, 0.25) is 5.78 Å². The largest absolute Gasteiger partial charge is 0.503 e. The number of rotatable bonds is 8. The van der Waals surface area contributed by atoms with Gasteiger partial charge >= 0.3 is 0 Å². The minimum absolute atomic E-state index is 0.168. The van der Waals surface area contributed by atoms with Crippen molar-refractivity contribution in [2.45, 2.75) is 12.5 Å². The second kappa shape index (κ2) is 9.85. The Labute approximate surface area is 192 Å². The molecule has 1 N–H and O–H groups in total. The van der Waals surface area contributed by atoms with Crippen molar-refractivity contribution in [1.82, 2.24) is 9.80 Å². The smallest absolute Gasteiger partial charge is 0.290 e. The molecule has 0 unspecified atom stereocenters. The number of carbonyl (C=O) groups is 2. The Hall–Kier alpha value is -2.68. The normalized spacial score (nSPS) is 19.6. The Kier molecular flexibility index (Phi) is 6.93. The highest BCUT2D eigenvalue weighted by atomic mass is 32.1. The monoisotopic (exact) mass is 455 g/mol. The van der Waals surface area contributed by atoms with E-state index in [2.05, 4.69) is 4.90 Å². The Morgan fingerprint density at radius 1 is 1.16 bits per heavy atom. The minimum Gasteiger partial charge on any atom is -0.503 e. The maximum absolute atomic E-state index is 13.3. The molecule has 1 atom stereocenters. The van der Waals surface area contributed by atoms with Gasteiger partial charge in [-0.15, -0.1) is 11.3 Å². The number of hydrogen-bond donors (Lipinski definition) is 1. The minimum atomic E-state index is -0.599. The average molecular weight is 456 g/mol. The van der Waals surface area contributed by atoms with Crippen molar-refractivity contribution in [1.29, 1.82) is 0 Å². The lowest BCUT2D eigenvalue weighted by Gasteiger charge is -2.30. The third-order valence-corrected chi connectivity index (χ3v) is 6.86. The van der Waals surface area contributed by atoms with Crippen LogP contribution in [0.15, 0.2) is 53.1 Å². The molecule has 0 aliphatic carbocycles. The van der Waals surface area contributed by atoms with E-state index in [1.54, 1.807) is 17.0 Å². The molecule has 3 heterocycles. The number of hydrogen-bond acceptors (Lipinski definition) is 7. The van der Waals surface area contributed by atoms with Gasteiger partial charge < -0.3 is 19.6 Å². The van der Waals surface area contributed by atoms with Crippen molar-refractivity contribution in [3.05, 3.63) is 63.6 Å². The summed E-state index contributed by atoms with van der Waals surface area (Å²) in [6.07, 6.45) is 0.756. The van der Waals surface area contributed by atoms with Gasteiger partial charge in [0.05, 0.1) is 29.7 Å². The highest BCUT2D eigenvalue weighted by Crippen LogP contribution is 2.40. The van der Waals surface area contributed by atoms with Gasteiger partial charge in [-0.3, -0.25) is 14.5 Å². The average Bonchev–Trinajstić information content (AvgIpc) is 3.43. The first-order valence-electron chi connectivity index (χ1n) is 10.9. The Morgan fingerprint density at radius 2 is 1.88 bits per heavy atom. The van der Waals surface area contributed by atoms with Crippen molar-refractivity contribution in [3.8, 4) is 0 Å². The summed E-state index contributed by atoms with van der Waals surface area (Å²) in [4.78, 5) is 32.8. The predicted octanol–water partition coefficient (Wildman–Crippen LogP) is 3.11. The summed E-state index contributed by atoms with van der Waals surface area (Å²) in [5, 5.41) is 12.6. The fourth-order valence-corrected chi connectivity index (χ4v) is 4.93. The van der Waals surface area contributed by atoms with Gasteiger partial charge in [-0.25, -0.2) is 0 Å². The molecule has 32 heavy (non-hydrogen) atoms. The van der Waals surface area contributed by atoms with Gasteiger partial charge in [0, 0.05) is 46.0 Å². The van der Waals surface area contributed by atoms with E-state index >= 15 is 0 Å². The fourth-order valence-electron chi connectivity index (χ4n) is 4.25. The lowest BCUT2D eigenvalue weighted by Crippen LogP contribution is -2.39. The van der Waals surface area contributed by atoms with E-state index in [4.69, 9.17) is 4.74 Å². The highest BCUT2D eigenvalue weighted by Gasteiger charge is 2.43. The van der Waals surface area contributed by atoms with Gasteiger partial charge in [0.15, 0.2) is 5.76 Å². The standard InChI is InChI=1S/C24H29N3O4S/c1-25(2)18-8-6-17(7-9-18)21-20(22(28)19-5-3-16-32-19)23(29)24(30)27(21)11-4-10-26-12-14-31-15-13-26/h3,5-9,16,21,29H,4,10-15H2,1-2H3/t21-/m0/s1. The van der Waals surface area contributed by atoms with Crippen molar-refractivity contribution >= 4 is 28.7 Å². The van der Waals surface area contributed by atoms with Crippen LogP contribution in [0, 0.1) is 0 Å². The zero-order valence-electron chi connectivity index (χ0n) is 18.5. The van der Waals surface area contributed by atoms with Crippen LogP contribution in [0.3, 0.4) is 0 Å². The molecule has 1 saturated heterocycles. The van der Waals surface area contributed by atoms with Crippen molar-refractivity contribution in [2.24, 2.45) is 0 Å². The number of benzene rings is 1. The summed E-state index contributed by atoms with van der Waals surface area (Å²) in [6.45, 7) is 4.52. The summed E-state index contributed by atoms with van der Waals surface area (Å²) in [7, 11) is 3.92. The van der Waals surface area contributed by atoms with Crippen LogP contribution >= 0.6 is 11.3 Å². The van der Waals surface area contributed by atoms with Crippen LogP contribution in [0.4, 0.5) is 5.69 Å². The number of aliphatic hydroxyl groups is 1. The number of ether oxygens (including phenoxy) is 1. The number of Topliss-reactive ketones (excluding diaryl/α,β-unsaturated/α-hetero) is 1. The van der Waals surface area contributed by atoms with Crippen molar-refractivity contribution in [2.75, 3.05) is 58.4 Å². The lowest BCUT2D eigenvalue weighted by atomic mass is 9.95. The summed E-state index contributed by atoms with van der Waals surface area (Å²) in [6, 6.07) is 10.7. The third-order valence-electron chi connectivity index (χ3n) is 6.00. The van der Waals surface area contributed by atoms with E-state index in [-0.39, 0.29) is 11.4 Å². The molecule has 4 rings (SSSR count). The Morgan fingerprint density at radius 3 is 2.50 bits per heavy atom. The fraction of sp³-hybridized carbons (Fsp3) is 0.417. The number of aliphatic hydroxyl groups excluding tert-OH is 1. The number of anilines is 1. The van der Waals surface area contributed by atoms with Crippen LogP contribution in [-0.4, -0.2) is 80.1 Å². The zero-order valence-corrected chi connectivity index (χ0v) is 19.3. The SMILES string of the molecule is CN(C)c1ccc([C@H]2C(C(=O)c3cccs3)=C(O)C(=O)N2CCCN2CCOCC2)cc1. The Bertz CT molecular complexity index is 979. The van der Waals surface area contributed by atoms with E-state index < -0.39 is 17.7 Å². The van der Waals surface area contributed by atoms with Crippen LogP contribution in [0.2, 0.25) is 0 Å². The van der Waals surface area contributed by atoms with Crippen molar-refractivity contribution < 1.29 is 19.4 Å². The molecule has 170 valence electrons. The van der Waals surface area contributed by atoms with Crippen LogP contribution in [0.5, 0.6) is 0 Å². The first kappa shape index (κ1) is 22.5. The van der Waals surface area contributed by atoms with Gasteiger partial charge in [-0.05, 0) is 35.6 Å². The molecule has 1 amide bonds. The molecule has 1 aromatic heterocycles. The molecule has 0 radical (unpaired) electrons. The van der Waals surface area contributed by atoms with Gasteiger partial charge in [-0.2, -0.15) is 0 Å². The molecule has 8 heteroatoms. The van der Waals surface area contributed by atoms with Gasteiger partial charge in [-0.1, -0.05) is 18.2 Å². The molecule has 1 fully saturated rings. The van der Waals surface area contributed by atoms with Crippen LogP contribution in [-0.2, 0) is 9.53 Å². The van der Waals surface area contributed by atoms with E-state index in [1.165, 1.54) is 11.3 Å². The van der Waals surface area contributed by atoms with E-state index in [0.717, 1.165) is 50.5 Å². The molecule has 2 aliphatic heterocycles. The molecule has 0 saturated carbocycles. The van der Waals surface area contributed by atoms with Crippen LogP contribution in [0.25, 0.3) is 0 Å². The molecule has 2 aliphatic rings. The Balaban J connectivity index is 1.60. The van der Waals surface area contributed by atoms with Gasteiger partial charge in [0.25, 0.3) is 5.91 Å². The second-order valence-corrected chi connectivity index (χ2v) is 9.21. The maximum atomic E-state index is 13.3. The second-order valence-electron chi connectivity index (χ2n) is 8.26. The first-order chi connectivity index (χ1) is 15.5. The van der Waals surface area contributed by atoms with Crippen LogP contribution < -0.4 is 4.90 Å². The summed E-state index contributed by atoms with van der Waals surface area (Å²) in [5.74, 6) is -1.20. The molecule has 2 aromatic rings. The van der Waals surface area contributed by atoms with E-state index in [1.807, 2.05) is 48.6 Å². The molecule has 0 bridgehead atoms. The molecule has 0 spiro atoms. The quantitative estimate of drug-likeness (QED) is 0.617. The molecular weight excluding hydrogens is 426 g/mol. The van der Waals surface area contributed by atoms with E-state index in [0.29, 0.717) is 11.4 Å². The third kappa shape index (κ3) is 4.57. The number of nitrogens with zero attached hydrogens (tertiary/aromatic N) is 3. The van der Waals surface area contributed by atoms with Crippen molar-refractivity contribution in [3.63, 3.8) is 0 Å². The summed E-state index contributed by atoms with van der Waals surface area (Å²) >= 11 is 1.31. The summed E-state index contributed by atoms with van der Waals surface area (Å²) < 4.78 is 5.40. The number of carbonyl (C=O) groups excluding carboxylic acids is 2. The molecule has 1 aromatic carbocycles. The topological polar surface area (TPSA) is 73.3 Å². The van der Waals surface area contributed by atoms with E-state index in [9.17, 15) is 14.7 Å². The number of thiophene rings is 1. The summed E-state index contributed by atoms with van der Waals surface area (Å²) in [5.41, 5.74) is 2.01. The predicted molar refractivity (Wildman–Crippen MR) is 125 cm³/mol. The molecular formula is C24H29N3O4S. The van der Waals surface area contributed by atoms with Gasteiger partial charge in [0.1, 0.15) is 0 Å². The highest BCUT2D eigenvalue weighted by molar-refractivity contribution is 7.12. The first-order valence-corrected chi connectivity index (χ1v) is 11.7.